The zero-order chi connectivity index (χ0) is 15.5. The number of rotatable bonds is 4. The van der Waals surface area contributed by atoms with Crippen LogP contribution in [-0.4, -0.2) is 25.3 Å². The fourth-order valence-electron chi connectivity index (χ4n) is 2.88. The van der Waals surface area contributed by atoms with E-state index in [2.05, 4.69) is 11.4 Å². The average molecular weight is 299 g/mol. The van der Waals surface area contributed by atoms with E-state index in [0.29, 0.717) is 6.61 Å². The Labute approximate surface area is 130 Å². The zero-order valence-corrected chi connectivity index (χ0v) is 12.9. The molecule has 0 amide bonds. The predicted molar refractivity (Wildman–Crippen MR) is 85.6 cm³/mol. The van der Waals surface area contributed by atoms with Gasteiger partial charge in [0.2, 0.25) is 0 Å². The van der Waals surface area contributed by atoms with Gasteiger partial charge in [-0.1, -0.05) is 18.2 Å². The zero-order valence-electron chi connectivity index (χ0n) is 12.9. The number of aromatic hydroxyl groups is 1. The van der Waals surface area contributed by atoms with E-state index < -0.39 is 0 Å². The Bertz CT molecular complexity index is 657. The smallest absolute Gasteiger partial charge is 0.135 e. The Hall–Kier alpha value is -2.20. The molecule has 2 atom stereocenters. The Kier molecular flexibility index (Phi) is 4.20. The largest absolute Gasteiger partial charge is 0.508 e. The summed E-state index contributed by atoms with van der Waals surface area (Å²) >= 11 is 0. The van der Waals surface area contributed by atoms with Gasteiger partial charge in [0, 0.05) is 18.0 Å². The van der Waals surface area contributed by atoms with Crippen molar-refractivity contribution in [3.05, 3.63) is 53.6 Å². The highest BCUT2D eigenvalue weighted by Gasteiger charge is 2.32. The van der Waals surface area contributed by atoms with Crippen molar-refractivity contribution in [3.8, 4) is 17.2 Å². The van der Waals surface area contributed by atoms with Crippen molar-refractivity contribution in [1.82, 2.24) is 5.32 Å². The lowest BCUT2D eigenvalue weighted by Gasteiger charge is -2.34. The van der Waals surface area contributed by atoms with Crippen LogP contribution in [0.1, 0.15) is 17.2 Å². The minimum atomic E-state index is -0.0688. The van der Waals surface area contributed by atoms with E-state index in [9.17, 15) is 5.11 Å². The van der Waals surface area contributed by atoms with Crippen LogP contribution in [0, 0.1) is 12.8 Å². The maximum absolute atomic E-state index is 9.55. The second kappa shape index (κ2) is 6.28. The van der Waals surface area contributed by atoms with Gasteiger partial charge in [-0.2, -0.15) is 0 Å². The van der Waals surface area contributed by atoms with E-state index >= 15 is 0 Å². The molecule has 4 nitrogen and oxygen atoms in total. The molecule has 0 bridgehead atoms. The van der Waals surface area contributed by atoms with E-state index in [0.717, 1.165) is 29.2 Å². The van der Waals surface area contributed by atoms with Crippen molar-refractivity contribution < 1.29 is 14.6 Å². The second-order valence-corrected chi connectivity index (χ2v) is 5.65. The van der Waals surface area contributed by atoms with Crippen molar-refractivity contribution in [2.24, 2.45) is 5.92 Å². The summed E-state index contributed by atoms with van der Waals surface area (Å²) in [6.45, 7) is 3.38. The molecule has 2 aromatic rings. The highest BCUT2D eigenvalue weighted by Crippen LogP contribution is 2.39. The summed E-state index contributed by atoms with van der Waals surface area (Å²) in [5.41, 5.74) is 1.99. The third kappa shape index (κ3) is 2.88. The molecule has 2 unspecified atom stereocenters. The van der Waals surface area contributed by atoms with Crippen LogP contribution < -0.4 is 14.8 Å². The summed E-state index contributed by atoms with van der Waals surface area (Å²) in [6, 6.07) is 13.2. The molecule has 22 heavy (non-hydrogen) atoms. The number of fused-ring (bicyclic) bond motifs is 1. The standard InChI is InChI=1S/C18H21NO3/c1-12-9-14(20)7-8-16(12)22-18-13(10-19-2)11-21-17-6-4-3-5-15(17)18/h3-9,13,18-20H,10-11H2,1-2H3. The number of benzene rings is 2. The van der Waals surface area contributed by atoms with Crippen LogP contribution in [0.2, 0.25) is 0 Å². The predicted octanol–water partition coefficient (Wildman–Crippen LogP) is 3.05. The SMILES string of the molecule is CNCC1COc2ccccc2C1Oc1ccc(O)cc1C. The molecule has 0 aliphatic carbocycles. The van der Waals surface area contributed by atoms with Gasteiger partial charge in [-0.25, -0.2) is 0 Å². The van der Waals surface area contributed by atoms with Crippen molar-refractivity contribution in [3.63, 3.8) is 0 Å². The summed E-state index contributed by atoms with van der Waals surface area (Å²) in [5.74, 6) is 2.16. The molecule has 1 aliphatic rings. The number of hydrogen-bond donors (Lipinski definition) is 2. The third-order valence-electron chi connectivity index (χ3n) is 3.99. The average Bonchev–Trinajstić information content (AvgIpc) is 2.52. The normalized spacial score (nSPS) is 20.1. The molecule has 116 valence electrons. The summed E-state index contributed by atoms with van der Waals surface area (Å²) in [4.78, 5) is 0. The van der Waals surface area contributed by atoms with E-state index in [1.165, 1.54) is 0 Å². The molecule has 0 fully saturated rings. The molecule has 0 radical (unpaired) electrons. The van der Waals surface area contributed by atoms with Gasteiger partial charge in [-0.3, -0.25) is 0 Å². The lowest BCUT2D eigenvalue weighted by Crippen LogP contribution is -2.36. The van der Waals surface area contributed by atoms with E-state index in [4.69, 9.17) is 9.47 Å². The van der Waals surface area contributed by atoms with Crippen molar-refractivity contribution in [2.75, 3.05) is 20.2 Å². The topological polar surface area (TPSA) is 50.7 Å². The number of para-hydroxylation sites is 1. The maximum Gasteiger partial charge on any atom is 0.135 e. The molecule has 0 saturated carbocycles. The lowest BCUT2D eigenvalue weighted by molar-refractivity contribution is 0.0698. The van der Waals surface area contributed by atoms with Gasteiger partial charge < -0.3 is 19.9 Å². The van der Waals surface area contributed by atoms with E-state index in [1.54, 1.807) is 12.1 Å². The molecule has 3 rings (SSSR count). The van der Waals surface area contributed by atoms with Gasteiger partial charge in [0.05, 0.1) is 6.61 Å². The first-order valence-electron chi connectivity index (χ1n) is 7.51. The van der Waals surface area contributed by atoms with Gasteiger partial charge in [0.15, 0.2) is 0 Å². The minimum absolute atomic E-state index is 0.0688. The first kappa shape index (κ1) is 14.7. The van der Waals surface area contributed by atoms with Gasteiger partial charge in [0.25, 0.3) is 0 Å². The molecule has 0 saturated heterocycles. The van der Waals surface area contributed by atoms with Gasteiger partial charge in [-0.05, 0) is 43.8 Å². The van der Waals surface area contributed by atoms with Crippen LogP contribution in [0.3, 0.4) is 0 Å². The molecule has 1 heterocycles. The summed E-state index contributed by atoms with van der Waals surface area (Å²) in [5, 5.41) is 12.8. The summed E-state index contributed by atoms with van der Waals surface area (Å²) in [6.07, 6.45) is -0.0688. The number of phenols is 1. The summed E-state index contributed by atoms with van der Waals surface area (Å²) in [7, 11) is 1.93. The first-order valence-corrected chi connectivity index (χ1v) is 7.51. The molecule has 2 N–H and O–H groups in total. The lowest BCUT2D eigenvalue weighted by atomic mass is 9.93. The molecule has 0 spiro atoms. The summed E-state index contributed by atoms with van der Waals surface area (Å²) < 4.78 is 12.1. The number of aryl methyl sites for hydroxylation is 1. The molecule has 2 aromatic carbocycles. The molecular formula is C18H21NO3. The van der Waals surface area contributed by atoms with Crippen molar-refractivity contribution in [2.45, 2.75) is 13.0 Å². The van der Waals surface area contributed by atoms with Crippen LogP contribution in [0.15, 0.2) is 42.5 Å². The van der Waals surface area contributed by atoms with Crippen molar-refractivity contribution in [1.29, 1.82) is 0 Å². The van der Waals surface area contributed by atoms with Crippen LogP contribution >= 0.6 is 0 Å². The van der Waals surface area contributed by atoms with Gasteiger partial charge >= 0.3 is 0 Å². The Morgan fingerprint density at radius 3 is 2.86 bits per heavy atom. The molecular weight excluding hydrogens is 278 g/mol. The highest BCUT2D eigenvalue weighted by atomic mass is 16.5. The third-order valence-corrected chi connectivity index (χ3v) is 3.99. The van der Waals surface area contributed by atoms with Crippen LogP contribution in [0.5, 0.6) is 17.2 Å². The Morgan fingerprint density at radius 2 is 2.09 bits per heavy atom. The van der Waals surface area contributed by atoms with Crippen LogP contribution in [0.4, 0.5) is 0 Å². The number of nitrogens with one attached hydrogen (secondary N) is 1. The Balaban J connectivity index is 1.93. The van der Waals surface area contributed by atoms with E-state index in [-0.39, 0.29) is 17.8 Å². The van der Waals surface area contributed by atoms with E-state index in [1.807, 2.05) is 38.2 Å². The van der Waals surface area contributed by atoms with Gasteiger partial charge in [0.1, 0.15) is 23.4 Å². The number of phenolic OH excluding ortho intramolecular Hbond substituents is 1. The quantitative estimate of drug-likeness (QED) is 0.911. The highest BCUT2D eigenvalue weighted by molar-refractivity contribution is 5.41. The molecule has 1 aliphatic heterocycles. The fourth-order valence-corrected chi connectivity index (χ4v) is 2.88. The minimum Gasteiger partial charge on any atom is -0.508 e. The maximum atomic E-state index is 9.55. The Morgan fingerprint density at radius 1 is 1.27 bits per heavy atom. The molecule has 0 aromatic heterocycles. The van der Waals surface area contributed by atoms with Crippen LogP contribution in [-0.2, 0) is 0 Å². The molecule has 4 heteroatoms. The number of hydrogen-bond acceptors (Lipinski definition) is 4. The monoisotopic (exact) mass is 299 g/mol. The second-order valence-electron chi connectivity index (χ2n) is 5.65. The first-order chi connectivity index (χ1) is 10.7. The fraction of sp³-hybridized carbons (Fsp3) is 0.333. The van der Waals surface area contributed by atoms with Crippen LogP contribution in [0.25, 0.3) is 0 Å². The number of ether oxygens (including phenoxy) is 2. The van der Waals surface area contributed by atoms with Crippen molar-refractivity contribution >= 4 is 0 Å². The van der Waals surface area contributed by atoms with Gasteiger partial charge in [-0.15, -0.1) is 0 Å².